The lowest BCUT2D eigenvalue weighted by Crippen LogP contribution is -2.49. The van der Waals surface area contributed by atoms with Crippen molar-refractivity contribution in [1.82, 2.24) is 9.80 Å². The molecule has 0 atom stereocenters. The van der Waals surface area contributed by atoms with E-state index >= 15 is 0 Å². The van der Waals surface area contributed by atoms with Gasteiger partial charge in [0.25, 0.3) is 5.69 Å². The maximum atomic E-state index is 13.3. The first-order chi connectivity index (χ1) is 18.0. The van der Waals surface area contributed by atoms with E-state index in [9.17, 15) is 23.3 Å². The molecule has 2 aromatic carbocycles. The van der Waals surface area contributed by atoms with Gasteiger partial charge in [-0.3, -0.25) is 10.1 Å². The van der Waals surface area contributed by atoms with Crippen LogP contribution in [0.5, 0.6) is 0 Å². The largest absolute Gasteiger partial charge is 0.423 e. The minimum atomic E-state index is -4.80. The summed E-state index contributed by atoms with van der Waals surface area (Å²) in [4.78, 5) is 16.6. The first-order valence-electron chi connectivity index (χ1n) is 12.6. The molecule has 0 unspecified atom stereocenters. The average Bonchev–Trinajstić information content (AvgIpc) is 2.89. The lowest BCUT2D eigenvalue weighted by molar-refractivity contribution is -0.388. The summed E-state index contributed by atoms with van der Waals surface area (Å²) in [6, 6.07) is 11.0. The number of hydrogen-bond acceptors (Lipinski definition) is 5. The predicted octanol–water partition coefficient (Wildman–Crippen LogP) is 6.91. The van der Waals surface area contributed by atoms with Gasteiger partial charge in [0.1, 0.15) is 5.56 Å². The Morgan fingerprint density at radius 2 is 1.72 bits per heavy atom. The van der Waals surface area contributed by atoms with E-state index in [4.69, 9.17) is 23.8 Å². The fraction of sp³-hybridized carbons (Fsp3) is 0.519. The van der Waals surface area contributed by atoms with Crippen LogP contribution in [0.15, 0.2) is 42.5 Å². The lowest BCUT2D eigenvalue weighted by Gasteiger charge is -2.40. The number of halogens is 4. The highest BCUT2D eigenvalue weighted by molar-refractivity contribution is 7.80. The van der Waals surface area contributed by atoms with E-state index in [2.05, 4.69) is 32.1 Å². The van der Waals surface area contributed by atoms with Gasteiger partial charge in [0.05, 0.1) is 4.92 Å². The molecule has 7 nitrogen and oxygen atoms in total. The number of thiocarbonyl (C=S) groups is 1. The van der Waals surface area contributed by atoms with Crippen LogP contribution in [-0.4, -0.2) is 65.6 Å². The fourth-order valence-electron chi connectivity index (χ4n) is 5.20. The second kappa shape index (κ2) is 13.0. The second-order valence-corrected chi connectivity index (χ2v) is 10.8. The normalized spacial score (nSPS) is 16.9. The summed E-state index contributed by atoms with van der Waals surface area (Å²) in [5.41, 5.74) is -0.767. The highest BCUT2D eigenvalue weighted by atomic mass is 35.5. The van der Waals surface area contributed by atoms with E-state index in [1.165, 1.54) is 11.8 Å². The van der Waals surface area contributed by atoms with E-state index in [-0.39, 0.29) is 19.2 Å². The molecule has 214 valence electrons. The zero-order valence-corrected chi connectivity index (χ0v) is 22.7. The number of alkyl halides is 3. The van der Waals surface area contributed by atoms with Crippen LogP contribution in [0.1, 0.15) is 38.7 Å². The fourth-order valence-corrected chi connectivity index (χ4v) is 5.58. The summed E-state index contributed by atoms with van der Waals surface area (Å²) < 4.78 is 39.9. The Labute approximate surface area is 238 Å². The van der Waals surface area contributed by atoms with Gasteiger partial charge in [0.15, 0.2) is 5.11 Å². The third-order valence-corrected chi connectivity index (χ3v) is 8.12. The second-order valence-electron chi connectivity index (χ2n) is 9.96. The van der Waals surface area contributed by atoms with Crippen LogP contribution in [0.3, 0.4) is 0 Å². The number of benzene rings is 2. The summed E-state index contributed by atoms with van der Waals surface area (Å²) in [6.45, 7) is 4.24. The molecule has 0 amide bonds. The van der Waals surface area contributed by atoms with E-state index in [1.807, 2.05) is 19.2 Å². The van der Waals surface area contributed by atoms with Crippen molar-refractivity contribution >= 4 is 46.0 Å². The van der Waals surface area contributed by atoms with Crippen LogP contribution in [0, 0.1) is 16.0 Å². The molecule has 39 heavy (non-hydrogen) atoms. The molecule has 0 radical (unpaired) electrons. The molecule has 2 heterocycles. The first-order valence-corrected chi connectivity index (χ1v) is 13.4. The summed E-state index contributed by atoms with van der Waals surface area (Å²) in [5, 5.41) is 15.6. The Kier molecular flexibility index (Phi) is 10.3. The number of nitro benzene ring substituents is 1. The molecule has 0 aliphatic carbocycles. The molecule has 4 rings (SSSR count). The molecule has 0 aromatic heterocycles. The summed E-state index contributed by atoms with van der Waals surface area (Å²) in [5.74, 6) is 0.547. The van der Waals surface area contributed by atoms with Crippen molar-refractivity contribution in [3.05, 3.63) is 63.2 Å². The molecule has 2 fully saturated rings. The van der Waals surface area contributed by atoms with Crippen molar-refractivity contribution < 1.29 is 18.1 Å². The Morgan fingerprint density at radius 1 is 1.10 bits per heavy atom. The molecule has 2 saturated heterocycles. The average molecular weight is 586 g/mol. The third kappa shape index (κ3) is 7.88. The molecule has 0 spiro atoms. The molecule has 0 saturated carbocycles. The molecule has 2 aromatic rings. The highest BCUT2D eigenvalue weighted by Crippen LogP contribution is 2.38. The maximum absolute atomic E-state index is 13.3. The smallest absolute Gasteiger partial charge is 0.382 e. The number of rotatable bonds is 6. The van der Waals surface area contributed by atoms with Gasteiger partial charge < -0.3 is 20.0 Å². The van der Waals surface area contributed by atoms with Gasteiger partial charge >= 0.3 is 6.18 Å². The van der Waals surface area contributed by atoms with Gasteiger partial charge in [0.2, 0.25) is 0 Å². The van der Waals surface area contributed by atoms with Crippen molar-refractivity contribution in [2.24, 2.45) is 5.92 Å². The Balaban J connectivity index is 0.00000420. The first kappa shape index (κ1) is 30.7. The third-order valence-electron chi connectivity index (χ3n) is 7.30. The molecule has 0 bridgehead atoms. The quantitative estimate of drug-likeness (QED) is 0.224. The van der Waals surface area contributed by atoms with Crippen LogP contribution in [-0.2, 0) is 6.18 Å². The van der Waals surface area contributed by atoms with E-state index in [0.717, 1.165) is 54.7 Å². The van der Waals surface area contributed by atoms with E-state index in [1.54, 1.807) is 0 Å². The van der Waals surface area contributed by atoms with Crippen molar-refractivity contribution in [2.75, 3.05) is 50.0 Å². The molecular weight excluding hydrogens is 551 g/mol. The number of nitrogens with zero attached hydrogens (tertiary/aromatic N) is 4. The van der Waals surface area contributed by atoms with Crippen molar-refractivity contribution in [3.8, 4) is 0 Å². The summed E-state index contributed by atoms with van der Waals surface area (Å²) in [7, 11) is 2.02. The number of anilines is 2. The standard InChI is InChI=1S/C26H31ClF3N5O2S.CH4/c1-32(17-18-8-12-33(13-9-18)22-5-2-19(27)3-6-22)25(38)34-14-10-20(11-15-34)31-21-4-7-24(35(36)37)23(16-21)26(28,29)30;/h2-7,16,18,20,31H,8-15,17H2,1H3;1H4. The van der Waals surface area contributed by atoms with Crippen molar-refractivity contribution in [3.63, 3.8) is 0 Å². The lowest BCUT2D eigenvalue weighted by atomic mass is 9.96. The topological polar surface area (TPSA) is 64.9 Å². The minimum Gasteiger partial charge on any atom is -0.382 e. The van der Waals surface area contributed by atoms with Crippen molar-refractivity contribution in [1.29, 1.82) is 0 Å². The number of hydrogen-bond donors (Lipinski definition) is 1. The van der Waals surface area contributed by atoms with E-state index < -0.39 is 22.4 Å². The van der Waals surface area contributed by atoms with E-state index in [0.29, 0.717) is 31.8 Å². The summed E-state index contributed by atoms with van der Waals surface area (Å²) >= 11 is 11.8. The molecule has 12 heteroatoms. The highest BCUT2D eigenvalue weighted by Gasteiger charge is 2.38. The van der Waals surface area contributed by atoms with Crippen molar-refractivity contribution in [2.45, 2.75) is 45.3 Å². The molecule has 1 N–H and O–H groups in total. The molecule has 2 aliphatic rings. The summed E-state index contributed by atoms with van der Waals surface area (Å²) in [6.07, 6.45) is -1.24. The SMILES string of the molecule is C.CN(CC1CCN(c2ccc(Cl)cc2)CC1)C(=S)N1CCC(Nc2ccc([N+](=O)[O-])c(C(F)(F)F)c2)CC1. The number of piperidine rings is 2. The van der Waals surface area contributed by atoms with Gasteiger partial charge in [0, 0.05) is 68.3 Å². The zero-order chi connectivity index (χ0) is 27.4. The maximum Gasteiger partial charge on any atom is 0.423 e. The zero-order valence-electron chi connectivity index (χ0n) is 21.1. The Morgan fingerprint density at radius 3 is 2.28 bits per heavy atom. The van der Waals surface area contributed by atoms with Crippen LogP contribution >= 0.6 is 23.8 Å². The molecule has 2 aliphatic heterocycles. The van der Waals surface area contributed by atoms with Gasteiger partial charge in [-0.1, -0.05) is 19.0 Å². The van der Waals surface area contributed by atoms with Gasteiger partial charge in [-0.2, -0.15) is 13.2 Å². The van der Waals surface area contributed by atoms with Gasteiger partial charge in [-0.25, -0.2) is 0 Å². The van der Waals surface area contributed by atoms with Gasteiger partial charge in [-0.15, -0.1) is 0 Å². The number of likely N-dealkylation sites (tertiary alicyclic amines) is 1. The van der Waals surface area contributed by atoms with Crippen LogP contribution in [0.2, 0.25) is 5.02 Å². The Bertz CT molecular complexity index is 1140. The monoisotopic (exact) mass is 585 g/mol. The van der Waals surface area contributed by atoms with Crippen LogP contribution in [0.4, 0.5) is 30.2 Å². The van der Waals surface area contributed by atoms with Crippen LogP contribution in [0.25, 0.3) is 0 Å². The Hall–Kier alpha value is -2.79. The number of nitrogens with one attached hydrogen (secondary N) is 1. The minimum absolute atomic E-state index is 0. The molecular formula is C27H35ClF3N5O2S. The number of nitro groups is 1. The van der Waals surface area contributed by atoms with Crippen LogP contribution < -0.4 is 10.2 Å². The predicted molar refractivity (Wildman–Crippen MR) is 155 cm³/mol. The van der Waals surface area contributed by atoms with Gasteiger partial charge in [-0.05, 0) is 80.2 Å².